The summed E-state index contributed by atoms with van der Waals surface area (Å²) >= 11 is 6.72. The summed E-state index contributed by atoms with van der Waals surface area (Å²) in [5.74, 6) is -0.0942. The van der Waals surface area contributed by atoms with E-state index >= 15 is 0 Å². The molecule has 1 amide bonds. The smallest absolute Gasteiger partial charge is 0.252 e. The average molecular weight is 373 g/mol. The number of aromatic nitrogens is 2. The second kappa shape index (κ2) is 6.15. The van der Waals surface area contributed by atoms with Crippen molar-refractivity contribution in [2.75, 3.05) is 6.54 Å². The van der Waals surface area contributed by atoms with Crippen molar-refractivity contribution in [1.29, 1.82) is 0 Å². The Morgan fingerprint density at radius 3 is 2.94 bits per heavy atom. The highest BCUT2D eigenvalue weighted by molar-refractivity contribution is 9.11. The lowest BCUT2D eigenvalue weighted by Crippen LogP contribution is -2.27. The number of hydrogen-bond acceptors (Lipinski definition) is 2. The maximum absolute atomic E-state index is 12.0. The number of carbonyl (C=O) groups is 1. The van der Waals surface area contributed by atoms with Crippen molar-refractivity contribution < 1.29 is 4.79 Å². The van der Waals surface area contributed by atoms with E-state index in [-0.39, 0.29) is 5.91 Å². The molecule has 1 aromatic carbocycles. The normalized spacial score (nSPS) is 10.3. The minimum absolute atomic E-state index is 0.0942. The van der Waals surface area contributed by atoms with Crippen molar-refractivity contribution in [2.24, 2.45) is 0 Å². The Balaban J connectivity index is 1.93. The Bertz CT molecular complexity index is 540. The Morgan fingerprint density at radius 2 is 2.22 bits per heavy atom. The second-order valence-corrected chi connectivity index (χ2v) is 5.45. The first-order valence-electron chi connectivity index (χ1n) is 5.36. The lowest BCUT2D eigenvalue weighted by molar-refractivity contribution is 0.0951. The van der Waals surface area contributed by atoms with E-state index in [9.17, 15) is 4.79 Å². The van der Waals surface area contributed by atoms with Crippen LogP contribution in [0.4, 0.5) is 0 Å². The Hall–Kier alpha value is -1.14. The molecule has 2 aromatic rings. The van der Waals surface area contributed by atoms with E-state index < -0.39 is 0 Å². The quantitative estimate of drug-likeness (QED) is 0.896. The summed E-state index contributed by atoms with van der Waals surface area (Å²) in [4.78, 5) is 15.9. The number of halogens is 2. The van der Waals surface area contributed by atoms with Gasteiger partial charge in [-0.15, -0.1) is 0 Å². The standard InChI is InChI=1S/C12H11Br2N3O/c13-9-1-2-11(14)10(7-9)12(18)16-4-6-17-5-3-15-8-17/h1-3,5,7-8H,4,6H2,(H,16,18). The van der Waals surface area contributed by atoms with Gasteiger partial charge in [-0.25, -0.2) is 4.98 Å². The summed E-state index contributed by atoms with van der Waals surface area (Å²) in [6.07, 6.45) is 5.30. The zero-order valence-corrected chi connectivity index (χ0v) is 12.6. The third kappa shape index (κ3) is 3.43. The van der Waals surface area contributed by atoms with Gasteiger partial charge in [0.15, 0.2) is 0 Å². The van der Waals surface area contributed by atoms with Crippen LogP contribution in [0.3, 0.4) is 0 Å². The topological polar surface area (TPSA) is 46.9 Å². The van der Waals surface area contributed by atoms with Crippen LogP contribution in [0.2, 0.25) is 0 Å². The highest BCUT2D eigenvalue weighted by Crippen LogP contribution is 2.21. The van der Waals surface area contributed by atoms with Crippen molar-refractivity contribution in [3.63, 3.8) is 0 Å². The number of amides is 1. The van der Waals surface area contributed by atoms with Crippen molar-refractivity contribution in [3.05, 3.63) is 51.4 Å². The van der Waals surface area contributed by atoms with E-state index in [1.54, 1.807) is 18.6 Å². The monoisotopic (exact) mass is 371 g/mol. The van der Waals surface area contributed by atoms with Crippen LogP contribution in [0, 0.1) is 0 Å². The largest absolute Gasteiger partial charge is 0.350 e. The first kappa shape index (κ1) is 13.3. The van der Waals surface area contributed by atoms with Crippen LogP contribution < -0.4 is 5.32 Å². The Labute approximate surface area is 122 Å². The molecule has 94 valence electrons. The van der Waals surface area contributed by atoms with E-state index in [4.69, 9.17) is 0 Å². The first-order chi connectivity index (χ1) is 8.66. The third-order valence-corrected chi connectivity index (χ3v) is 3.57. The fourth-order valence-corrected chi connectivity index (χ4v) is 2.27. The van der Waals surface area contributed by atoms with Gasteiger partial charge in [0.25, 0.3) is 5.91 Å². The molecule has 0 radical (unpaired) electrons. The fourth-order valence-electron chi connectivity index (χ4n) is 1.48. The molecule has 1 N–H and O–H groups in total. The molecule has 2 rings (SSSR count). The number of imidazole rings is 1. The van der Waals surface area contributed by atoms with Crippen LogP contribution in [0.5, 0.6) is 0 Å². The van der Waals surface area contributed by atoms with E-state index in [1.165, 1.54) is 0 Å². The summed E-state index contributed by atoms with van der Waals surface area (Å²) in [5.41, 5.74) is 0.620. The lowest BCUT2D eigenvalue weighted by Gasteiger charge is -2.07. The molecule has 0 aliphatic heterocycles. The van der Waals surface area contributed by atoms with E-state index in [2.05, 4.69) is 42.2 Å². The third-order valence-electron chi connectivity index (χ3n) is 2.39. The predicted molar refractivity (Wildman–Crippen MR) is 76.4 cm³/mol. The van der Waals surface area contributed by atoms with E-state index in [1.807, 2.05) is 22.9 Å². The van der Waals surface area contributed by atoms with Gasteiger partial charge in [-0.3, -0.25) is 4.79 Å². The van der Waals surface area contributed by atoms with Crippen LogP contribution in [0.1, 0.15) is 10.4 Å². The average Bonchev–Trinajstić information content (AvgIpc) is 2.85. The molecule has 0 bridgehead atoms. The van der Waals surface area contributed by atoms with Gasteiger partial charge in [-0.05, 0) is 34.1 Å². The first-order valence-corrected chi connectivity index (χ1v) is 6.94. The minimum atomic E-state index is -0.0942. The van der Waals surface area contributed by atoms with Crippen LogP contribution >= 0.6 is 31.9 Å². The summed E-state index contributed by atoms with van der Waals surface area (Å²) < 4.78 is 3.58. The van der Waals surface area contributed by atoms with Crippen molar-refractivity contribution in [3.8, 4) is 0 Å². The van der Waals surface area contributed by atoms with Crippen molar-refractivity contribution in [1.82, 2.24) is 14.9 Å². The molecular weight excluding hydrogens is 362 g/mol. The van der Waals surface area contributed by atoms with Crippen molar-refractivity contribution in [2.45, 2.75) is 6.54 Å². The van der Waals surface area contributed by atoms with Gasteiger partial charge >= 0.3 is 0 Å². The molecule has 0 saturated carbocycles. The maximum atomic E-state index is 12.0. The summed E-state index contributed by atoms with van der Waals surface area (Å²) in [7, 11) is 0. The molecule has 4 nitrogen and oxygen atoms in total. The molecule has 6 heteroatoms. The van der Waals surface area contributed by atoms with Crippen molar-refractivity contribution >= 4 is 37.8 Å². The van der Waals surface area contributed by atoms with Crippen LogP contribution in [-0.4, -0.2) is 22.0 Å². The summed E-state index contributed by atoms with van der Waals surface area (Å²) in [6, 6.07) is 5.51. The number of benzene rings is 1. The Kier molecular flexibility index (Phi) is 4.54. The van der Waals surface area contributed by atoms with Gasteiger partial charge in [0, 0.05) is 34.4 Å². The number of nitrogens with zero attached hydrogens (tertiary/aromatic N) is 2. The van der Waals surface area contributed by atoms with Crippen LogP contribution in [0.15, 0.2) is 45.9 Å². The molecule has 0 aliphatic carbocycles. The second-order valence-electron chi connectivity index (χ2n) is 3.68. The molecule has 1 heterocycles. The number of nitrogens with one attached hydrogen (secondary N) is 1. The van der Waals surface area contributed by atoms with Crippen LogP contribution in [-0.2, 0) is 6.54 Å². The molecule has 0 atom stereocenters. The predicted octanol–water partition coefficient (Wildman–Crippen LogP) is 2.84. The lowest BCUT2D eigenvalue weighted by atomic mass is 10.2. The fraction of sp³-hybridized carbons (Fsp3) is 0.167. The summed E-state index contributed by atoms with van der Waals surface area (Å²) in [5, 5.41) is 2.87. The maximum Gasteiger partial charge on any atom is 0.252 e. The zero-order chi connectivity index (χ0) is 13.0. The highest BCUT2D eigenvalue weighted by atomic mass is 79.9. The van der Waals surface area contributed by atoms with Gasteiger partial charge < -0.3 is 9.88 Å². The number of carbonyl (C=O) groups excluding carboxylic acids is 1. The SMILES string of the molecule is O=C(NCCn1ccnc1)c1cc(Br)ccc1Br. The molecule has 0 fully saturated rings. The molecular formula is C12H11Br2N3O. The minimum Gasteiger partial charge on any atom is -0.350 e. The Morgan fingerprint density at radius 1 is 1.39 bits per heavy atom. The van der Waals surface area contributed by atoms with E-state index in [0.29, 0.717) is 18.7 Å². The highest BCUT2D eigenvalue weighted by Gasteiger charge is 2.09. The molecule has 18 heavy (non-hydrogen) atoms. The van der Waals surface area contributed by atoms with Gasteiger partial charge in [0.1, 0.15) is 0 Å². The van der Waals surface area contributed by atoms with Gasteiger partial charge in [0.2, 0.25) is 0 Å². The van der Waals surface area contributed by atoms with Gasteiger partial charge in [-0.1, -0.05) is 15.9 Å². The molecule has 0 spiro atoms. The van der Waals surface area contributed by atoms with Gasteiger partial charge in [-0.2, -0.15) is 0 Å². The molecule has 0 saturated heterocycles. The number of rotatable bonds is 4. The molecule has 0 unspecified atom stereocenters. The molecule has 0 aliphatic rings. The van der Waals surface area contributed by atoms with Crippen LogP contribution in [0.25, 0.3) is 0 Å². The molecule has 1 aromatic heterocycles. The van der Waals surface area contributed by atoms with E-state index in [0.717, 1.165) is 8.95 Å². The van der Waals surface area contributed by atoms with Gasteiger partial charge in [0.05, 0.1) is 11.9 Å². The summed E-state index contributed by atoms with van der Waals surface area (Å²) in [6.45, 7) is 1.27. The zero-order valence-electron chi connectivity index (χ0n) is 9.44. The number of hydrogen-bond donors (Lipinski definition) is 1.